The van der Waals surface area contributed by atoms with Crippen LogP contribution in [-0.2, 0) is 4.84 Å². The van der Waals surface area contributed by atoms with Crippen LogP contribution in [-0.4, -0.2) is 41.4 Å². The molecule has 2 N–H and O–H groups in total. The third kappa shape index (κ3) is 3.51. The lowest BCUT2D eigenvalue weighted by Crippen LogP contribution is -2.35. The number of aromatic hydroxyl groups is 1. The zero-order valence-corrected chi connectivity index (χ0v) is 17.7. The maximum Gasteiger partial charge on any atom is 0.318 e. The lowest BCUT2D eigenvalue weighted by molar-refractivity contribution is 0.101. The van der Waals surface area contributed by atoms with Gasteiger partial charge in [-0.25, -0.2) is 14.3 Å². The van der Waals surface area contributed by atoms with E-state index >= 15 is 8.78 Å². The zero-order valence-electron chi connectivity index (χ0n) is 17.7. The summed E-state index contributed by atoms with van der Waals surface area (Å²) in [6.07, 6.45) is 1.52. The first-order valence-corrected chi connectivity index (χ1v) is 10.2. The Morgan fingerprint density at radius 1 is 1.21 bits per heavy atom. The Morgan fingerprint density at radius 3 is 2.76 bits per heavy atom. The lowest BCUT2D eigenvalue weighted by atomic mass is 9.95. The van der Waals surface area contributed by atoms with E-state index in [0.717, 1.165) is 0 Å². The van der Waals surface area contributed by atoms with Crippen LogP contribution < -0.4 is 15.1 Å². The average molecular weight is 450 g/mol. The summed E-state index contributed by atoms with van der Waals surface area (Å²) in [5.41, 5.74) is 2.59. The Kier molecular flexibility index (Phi) is 5.27. The molecule has 1 atom stereocenters. The van der Waals surface area contributed by atoms with Gasteiger partial charge in [-0.3, -0.25) is 4.84 Å². The molecule has 3 aromatic carbocycles. The molecule has 2 heterocycles. The van der Waals surface area contributed by atoms with Gasteiger partial charge >= 0.3 is 6.01 Å². The van der Waals surface area contributed by atoms with Gasteiger partial charge in [0.15, 0.2) is 5.82 Å². The van der Waals surface area contributed by atoms with E-state index in [-0.39, 0.29) is 45.6 Å². The fraction of sp³-hybridized carbons (Fsp3) is 0.167. The van der Waals surface area contributed by atoms with Crippen LogP contribution in [0.4, 0.5) is 14.6 Å². The van der Waals surface area contributed by atoms with Gasteiger partial charge in [-0.15, -0.1) is 0 Å². The van der Waals surface area contributed by atoms with Crippen LogP contribution >= 0.6 is 0 Å². The minimum absolute atomic E-state index is 0.0755. The summed E-state index contributed by atoms with van der Waals surface area (Å²) in [5, 5.41) is 11.6. The zero-order chi connectivity index (χ0) is 23.1. The molecule has 1 aliphatic heterocycles. The number of methoxy groups -OCH3 is 1. The molecule has 0 radical (unpaired) electrons. The second kappa shape index (κ2) is 8.27. The summed E-state index contributed by atoms with van der Waals surface area (Å²) in [4.78, 5) is 15.4. The number of nitrogens with zero attached hydrogens (tertiary/aromatic N) is 3. The van der Waals surface area contributed by atoms with E-state index in [4.69, 9.17) is 9.57 Å². The van der Waals surface area contributed by atoms with Crippen LogP contribution in [0.15, 0.2) is 55.2 Å². The van der Waals surface area contributed by atoms with Gasteiger partial charge in [0.1, 0.15) is 22.9 Å². The van der Waals surface area contributed by atoms with Gasteiger partial charge in [-0.2, -0.15) is 9.97 Å². The number of benzene rings is 3. The van der Waals surface area contributed by atoms with Gasteiger partial charge in [0, 0.05) is 11.9 Å². The van der Waals surface area contributed by atoms with Crippen LogP contribution in [0.25, 0.3) is 32.8 Å². The molecule has 7 nitrogen and oxygen atoms in total. The topological polar surface area (TPSA) is 79.7 Å². The van der Waals surface area contributed by atoms with Crippen molar-refractivity contribution in [3.05, 3.63) is 66.9 Å². The Labute approximate surface area is 187 Å². The molecule has 0 bridgehead atoms. The highest BCUT2D eigenvalue weighted by molar-refractivity contribution is 6.01. The van der Waals surface area contributed by atoms with Gasteiger partial charge in [0.25, 0.3) is 0 Å². The number of rotatable bonds is 5. The number of fused-ring (bicyclic) bond motifs is 2. The number of aromatic nitrogens is 2. The molecule has 1 aromatic heterocycles. The number of halogens is 2. The monoisotopic (exact) mass is 450 g/mol. The molecule has 168 valence electrons. The normalized spacial score (nSPS) is 15.8. The molecular weight excluding hydrogens is 430 g/mol. The van der Waals surface area contributed by atoms with Gasteiger partial charge in [0.05, 0.1) is 25.3 Å². The quantitative estimate of drug-likeness (QED) is 0.469. The lowest BCUT2D eigenvalue weighted by Gasteiger charge is -2.26. The molecule has 0 saturated carbocycles. The molecular formula is C24H20F2N4O3. The standard InChI is InChI=1S/C24H20F2N4O3/c1-3-30(14-11-27-33-12-14)23-18-10-19(25)20(21(26)22(18)28-24(29-23)32-2)17-9-15(31)8-13-6-4-5-7-16(13)17/h3-10,14,27,31H,1,11-12H2,2H3/t14-/m1/s1. The predicted octanol–water partition coefficient (Wildman–Crippen LogP) is 4.30. The molecule has 33 heavy (non-hydrogen) atoms. The van der Waals surface area contributed by atoms with Crippen LogP contribution in [0.2, 0.25) is 0 Å². The first kappa shape index (κ1) is 21.0. The summed E-state index contributed by atoms with van der Waals surface area (Å²) >= 11 is 0. The fourth-order valence-electron chi connectivity index (χ4n) is 4.15. The largest absolute Gasteiger partial charge is 0.508 e. The first-order chi connectivity index (χ1) is 16.0. The number of hydrogen-bond acceptors (Lipinski definition) is 7. The second-order valence-corrected chi connectivity index (χ2v) is 7.60. The second-order valence-electron chi connectivity index (χ2n) is 7.60. The summed E-state index contributed by atoms with van der Waals surface area (Å²) in [7, 11) is 1.37. The number of nitrogens with one attached hydrogen (secondary N) is 1. The molecule has 0 spiro atoms. The van der Waals surface area contributed by atoms with Gasteiger partial charge in [-0.05, 0) is 40.7 Å². The number of phenols is 1. The fourth-order valence-corrected chi connectivity index (χ4v) is 4.15. The third-order valence-corrected chi connectivity index (χ3v) is 5.67. The van der Waals surface area contributed by atoms with E-state index in [9.17, 15) is 5.11 Å². The van der Waals surface area contributed by atoms with Crippen LogP contribution in [0.3, 0.4) is 0 Å². The summed E-state index contributed by atoms with van der Waals surface area (Å²) in [6, 6.07) is 10.9. The van der Waals surface area contributed by atoms with Crippen molar-refractivity contribution in [1.82, 2.24) is 15.4 Å². The Hall–Kier alpha value is -3.82. The Morgan fingerprint density at radius 2 is 2.03 bits per heavy atom. The van der Waals surface area contributed by atoms with E-state index in [1.807, 2.05) is 0 Å². The van der Waals surface area contributed by atoms with E-state index in [0.29, 0.717) is 23.9 Å². The maximum atomic E-state index is 16.0. The summed E-state index contributed by atoms with van der Waals surface area (Å²) in [5.74, 6) is -1.55. The number of phenolic OH excluding ortho intramolecular Hbond substituents is 1. The highest BCUT2D eigenvalue weighted by Crippen LogP contribution is 2.40. The number of hydroxylamine groups is 1. The molecule has 1 saturated heterocycles. The molecule has 0 aliphatic carbocycles. The van der Waals surface area contributed by atoms with Crippen molar-refractivity contribution in [2.24, 2.45) is 0 Å². The molecule has 1 fully saturated rings. The van der Waals surface area contributed by atoms with Crippen molar-refractivity contribution >= 4 is 27.5 Å². The third-order valence-electron chi connectivity index (χ3n) is 5.67. The van der Waals surface area contributed by atoms with Crippen LogP contribution in [0.1, 0.15) is 0 Å². The molecule has 4 aromatic rings. The van der Waals surface area contributed by atoms with Crippen molar-refractivity contribution in [2.45, 2.75) is 6.04 Å². The highest BCUT2D eigenvalue weighted by atomic mass is 19.1. The average Bonchev–Trinajstić information content (AvgIpc) is 3.34. The smallest absolute Gasteiger partial charge is 0.318 e. The van der Waals surface area contributed by atoms with Crippen LogP contribution in [0.5, 0.6) is 11.8 Å². The van der Waals surface area contributed by atoms with Gasteiger partial charge < -0.3 is 14.7 Å². The summed E-state index contributed by atoms with van der Waals surface area (Å²) in [6.45, 7) is 4.63. The van der Waals surface area contributed by atoms with E-state index < -0.39 is 11.6 Å². The molecule has 5 rings (SSSR count). The summed E-state index contributed by atoms with van der Waals surface area (Å²) < 4.78 is 36.7. The number of hydrogen-bond donors (Lipinski definition) is 2. The maximum absolute atomic E-state index is 16.0. The van der Waals surface area contributed by atoms with Crippen LogP contribution in [0, 0.1) is 11.6 Å². The number of ether oxygens (including phenoxy) is 1. The van der Waals surface area contributed by atoms with Gasteiger partial charge in [0.2, 0.25) is 0 Å². The highest BCUT2D eigenvalue weighted by Gasteiger charge is 2.28. The predicted molar refractivity (Wildman–Crippen MR) is 121 cm³/mol. The Balaban J connectivity index is 1.81. The van der Waals surface area contributed by atoms with Crippen molar-refractivity contribution in [3.8, 4) is 22.9 Å². The van der Waals surface area contributed by atoms with Crippen molar-refractivity contribution in [2.75, 3.05) is 25.2 Å². The number of anilines is 1. The van der Waals surface area contributed by atoms with E-state index in [2.05, 4.69) is 22.0 Å². The van der Waals surface area contributed by atoms with Crippen molar-refractivity contribution in [3.63, 3.8) is 0 Å². The molecule has 9 heteroatoms. The van der Waals surface area contributed by atoms with E-state index in [1.165, 1.54) is 25.4 Å². The molecule has 0 unspecified atom stereocenters. The van der Waals surface area contributed by atoms with E-state index in [1.54, 1.807) is 35.2 Å². The minimum atomic E-state index is -0.882. The minimum Gasteiger partial charge on any atom is -0.508 e. The Bertz CT molecular complexity index is 1390. The molecule has 0 amide bonds. The van der Waals surface area contributed by atoms with Gasteiger partial charge in [-0.1, -0.05) is 30.8 Å². The SMILES string of the molecule is C=CN(c1nc(OC)nc2c(F)c(-c3cc(O)cc4ccccc34)c(F)cc12)[C@@H]1CNOC1. The van der Waals surface area contributed by atoms with Crippen molar-refractivity contribution < 1.29 is 23.5 Å². The molecule has 1 aliphatic rings. The first-order valence-electron chi connectivity index (χ1n) is 10.2. The van der Waals surface area contributed by atoms with Crippen molar-refractivity contribution in [1.29, 1.82) is 0 Å².